The number of hydrogen-bond acceptors (Lipinski definition) is 5. The van der Waals surface area contributed by atoms with Crippen LogP contribution in [-0.2, 0) is 10.0 Å². The molecule has 0 radical (unpaired) electrons. The lowest BCUT2D eigenvalue weighted by Gasteiger charge is -2.15. The second-order valence-electron chi connectivity index (χ2n) is 4.53. The van der Waals surface area contributed by atoms with Crippen molar-refractivity contribution >= 4 is 31.6 Å². The number of benzene rings is 1. The van der Waals surface area contributed by atoms with Gasteiger partial charge in [-0.15, -0.1) is 0 Å². The van der Waals surface area contributed by atoms with Crippen LogP contribution in [0.1, 0.15) is 13.8 Å². The number of nitro benzene ring substituents is 1. The minimum atomic E-state index is -4.07. The monoisotopic (exact) mass is 366 g/mol. The molecule has 9 heteroatoms. The molecule has 1 aromatic rings. The summed E-state index contributed by atoms with van der Waals surface area (Å²) >= 11 is 3.08. The van der Waals surface area contributed by atoms with E-state index in [1.807, 2.05) is 0 Å². The molecular weight excluding hydrogens is 352 g/mol. The van der Waals surface area contributed by atoms with Crippen LogP contribution >= 0.6 is 15.9 Å². The molecule has 2 N–H and O–H groups in total. The van der Waals surface area contributed by atoms with Crippen molar-refractivity contribution in [3.05, 3.63) is 32.8 Å². The average Bonchev–Trinajstić information content (AvgIpc) is 2.35. The Labute approximate surface area is 125 Å². The maximum Gasteiger partial charge on any atom is 0.289 e. The topological polar surface area (TPSA) is 110 Å². The van der Waals surface area contributed by atoms with Crippen molar-refractivity contribution in [3.8, 4) is 0 Å². The molecule has 0 fully saturated rings. The highest BCUT2D eigenvalue weighted by atomic mass is 79.9. The number of hydrogen-bond donors (Lipinski definition) is 2. The molecule has 1 unspecified atom stereocenters. The SMILES string of the molecule is CC(C)C(O)CNS(=O)(=O)c1cc(Br)ccc1[N+](=O)[O-]. The van der Waals surface area contributed by atoms with Crippen molar-refractivity contribution < 1.29 is 18.4 Å². The number of sulfonamides is 1. The van der Waals surface area contributed by atoms with Gasteiger partial charge in [-0.3, -0.25) is 10.1 Å². The van der Waals surface area contributed by atoms with Gasteiger partial charge in [-0.2, -0.15) is 0 Å². The maximum absolute atomic E-state index is 12.1. The van der Waals surface area contributed by atoms with Gasteiger partial charge < -0.3 is 5.11 Å². The van der Waals surface area contributed by atoms with Gasteiger partial charge in [-0.25, -0.2) is 13.1 Å². The first-order chi connectivity index (χ1) is 9.15. The summed E-state index contributed by atoms with van der Waals surface area (Å²) in [4.78, 5) is 9.67. The van der Waals surface area contributed by atoms with Crippen LogP contribution in [0.2, 0.25) is 0 Å². The lowest BCUT2D eigenvalue weighted by atomic mass is 10.1. The van der Waals surface area contributed by atoms with Gasteiger partial charge in [0.2, 0.25) is 10.0 Å². The number of aliphatic hydroxyl groups is 1. The third kappa shape index (κ3) is 4.23. The Morgan fingerprint density at radius 3 is 2.55 bits per heavy atom. The summed E-state index contributed by atoms with van der Waals surface area (Å²) in [6.45, 7) is 3.27. The average molecular weight is 367 g/mol. The second kappa shape index (κ2) is 6.61. The van der Waals surface area contributed by atoms with E-state index in [1.54, 1.807) is 13.8 Å². The van der Waals surface area contributed by atoms with Gasteiger partial charge in [-0.05, 0) is 18.1 Å². The summed E-state index contributed by atoms with van der Waals surface area (Å²) in [5.74, 6) is -0.129. The van der Waals surface area contributed by atoms with E-state index in [1.165, 1.54) is 6.07 Å². The molecule has 112 valence electrons. The van der Waals surface area contributed by atoms with E-state index in [-0.39, 0.29) is 12.5 Å². The van der Waals surface area contributed by atoms with Crippen LogP contribution in [-0.4, -0.2) is 31.1 Å². The van der Waals surface area contributed by atoms with Gasteiger partial charge in [0.05, 0.1) is 11.0 Å². The Hall–Kier alpha value is -1.03. The Kier molecular flexibility index (Phi) is 5.63. The zero-order valence-corrected chi connectivity index (χ0v) is 13.3. The van der Waals surface area contributed by atoms with Crippen LogP contribution in [0.15, 0.2) is 27.6 Å². The maximum atomic E-state index is 12.1. The van der Waals surface area contributed by atoms with E-state index in [0.29, 0.717) is 4.47 Å². The number of rotatable bonds is 6. The molecule has 0 aromatic heterocycles. The molecule has 1 rings (SSSR count). The smallest absolute Gasteiger partial charge is 0.289 e. The normalized spacial score (nSPS) is 13.4. The summed E-state index contributed by atoms with van der Waals surface area (Å²) in [6.07, 6.45) is -0.865. The number of nitro groups is 1. The molecule has 7 nitrogen and oxygen atoms in total. The third-order valence-electron chi connectivity index (χ3n) is 2.66. The van der Waals surface area contributed by atoms with Gasteiger partial charge >= 0.3 is 0 Å². The number of aliphatic hydroxyl groups excluding tert-OH is 1. The molecule has 20 heavy (non-hydrogen) atoms. The Morgan fingerprint density at radius 2 is 2.05 bits per heavy atom. The Balaban J connectivity index is 3.09. The summed E-state index contributed by atoms with van der Waals surface area (Å²) in [5, 5.41) is 20.5. The fourth-order valence-corrected chi connectivity index (χ4v) is 3.12. The summed E-state index contributed by atoms with van der Waals surface area (Å²) in [5.41, 5.74) is -0.514. The second-order valence-corrected chi connectivity index (χ2v) is 7.18. The summed E-state index contributed by atoms with van der Waals surface area (Å²) < 4.78 is 26.8. The minimum absolute atomic E-state index is 0.129. The molecule has 0 bridgehead atoms. The van der Waals surface area contributed by atoms with E-state index in [0.717, 1.165) is 12.1 Å². The lowest BCUT2D eigenvalue weighted by Crippen LogP contribution is -2.35. The standard InChI is InChI=1S/C11H15BrN2O5S/c1-7(2)10(15)6-13-20(18,19)11-5-8(12)3-4-9(11)14(16)17/h3-5,7,10,13,15H,6H2,1-2H3. The van der Waals surface area contributed by atoms with E-state index in [9.17, 15) is 23.6 Å². The van der Waals surface area contributed by atoms with Crippen LogP contribution in [0.25, 0.3) is 0 Å². The molecule has 0 saturated heterocycles. The van der Waals surface area contributed by atoms with E-state index < -0.39 is 31.6 Å². The molecule has 0 aliphatic heterocycles. The van der Waals surface area contributed by atoms with Crippen molar-refractivity contribution in [3.63, 3.8) is 0 Å². The zero-order valence-electron chi connectivity index (χ0n) is 10.9. The molecule has 1 aromatic carbocycles. The van der Waals surface area contributed by atoms with E-state index in [4.69, 9.17) is 0 Å². The number of nitrogens with one attached hydrogen (secondary N) is 1. The third-order valence-corrected chi connectivity index (χ3v) is 4.61. The number of halogens is 1. The Bertz CT molecular complexity index is 603. The van der Waals surface area contributed by atoms with Crippen molar-refractivity contribution in [2.24, 2.45) is 5.92 Å². The van der Waals surface area contributed by atoms with Gasteiger partial charge in [-0.1, -0.05) is 29.8 Å². The molecular formula is C11H15BrN2O5S. The first-order valence-corrected chi connectivity index (χ1v) is 8.04. The van der Waals surface area contributed by atoms with Crippen molar-refractivity contribution in [1.29, 1.82) is 0 Å². The first kappa shape index (κ1) is 17.0. The van der Waals surface area contributed by atoms with Crippen molar-refractivity contribution in [2.45, 2.75) is 24.8 Å². The lowest BCUT2D eigenvalue weighted by molar-refractivity contribution is -0.387. The highest BCUT2D eigenvalue weighted by molar-refractivity contribution is 9.10. The van der Waals surface area contributed by atoms with Gasteiger partial charge in [0, 0.05) is 17.1 Å². The molecule has 0 amide bonds. The van der Waals surface area contributed by atoms with Crippen LogP contribution in [0.4, 0.5) is 5.69 Å². The van der Waals surface area contributed by atoms with Crippen molar-refractivity contribution in [1.82, 2.24) is 4.72 Å². The first-order valence-electron chi connectivity index (χ1n) is 5.77. The van der Waals surface area contributed by atoms with E-state index >= 15 is 0 Å². The molecule has 1 atom stereocenters. The minimum Gasteiger partial charge on any atom is -0.391 e. The quantitative estimate of drug-likeness (QED) is 0.587. The van der Waals surface area contributed by atoms with Gasteiger partial charge in [0.15, 0.2) is 4.90 Å². The van der Waals surface area contributed by atoms with Crippen LogP contribution in [0, 0.1) is 16.0 Å². The summed E-state index contributed by atoms with van der Waals surface area (Å²) in [6, 6.07) is 3.65. The largest absolute Gasteiger partial charge is 0.391 e. The Morgan fingerprint density at radius 1 is 1.45 bits per heavy atom. The zero-order chi connectivity index (χ0) is 15.5. The van der Waals surface area contributed by atoms with Crippen molar-refractivity contribution in [2.75, 3.05) is 6.54 Å². The fourth-order valence-electron chi connectivity index (χ4n) is 1.36. The van der Waals surface area contributed by atoms with Crippen LogP contribution in [0.3, 0.4) is 0 Å². The fraction of sp³-hybridized carbons (Fsp3) is 0.455. The van der Waals surface area contributed by atoms with Crippen LogP contribution in [0.5, 0.6) is 0 Å². The van der Waals surface area contributed by atoms with Gasteiger partial charge in [0.25, 0.3) is 5.69 Å². The van der Waals surface area contributed by atoms with Crippen LogP contribution < -0.4 is 4.72 Å². The predicted octanol–water partition coefficient (Wildman–Crippen LogP) is 1.65. The molecule has 0 aliphatic rings. The highest BCUT2D eigenvalue weighted by Crippen LogP contribution is 2.27. The predicted molar refractivity (Wildman–Crippen MR) is 76.8 cm³/mol. The number of nitrogens with zero attached hydrogens (tertiary/aromatic N) is 1. The molecule has 0 saturated carbocycles. The van der Waals surface area contributed by atoms with Gasteiger partial charge in [0.1, 0.15) is 0 Å². The highest BCUT2D eigenvalue weighted by Gasteiger charge is 2.26. The molecule has 0 spiro atoms. The van der Waals surface area contributed by atoms with E-state index in [2.05, 4.69) is 20.7 Å². The summed E-state index contributed by atoms with van der Waals surface area (Å²) in [7, 11) is -4.07. The molecule has 0 heterocycles. The molecule has 0 aliphatic carbocycles.